The molecule has 0 spiro atoms. The lowest BCUT2D eigenvalue weighted by Crippen LogP contribution is -2.14. The maximum absolute atomic E-state index is 12.1. The first-order chi connectivity index (χ1) is 7.49. The van der Waals surface area contributed by atoms with Crippen molar-refractivity contribution in [3.05, 3.63) is 29.8 Å². The van der Waals surface area contributed by atoms with Crippen molar-refractivity contribution in [1.29, 1.82) is 0 Å². The average molecular weight is 266 g/mol. The van der Waals surface area contributed by atoms with E-state index in [0.717, 1.165) is 0 Å². The highest BCUT2D eigenvalue weighted by molar-refractivity contribution is 5.85. The van der Waals surface area contributed by atoms with Gasteiger partial charge >= 0.3 is 5.97 Å². The molecule has 0 radical (unpaired) electrons. The van der Waals surface area contributed by atoms with Gasteiger partial charge in [0.1, 0.15) is 5.75 Å². The highest BCUT2D eigenvalue weighted by Crippen LogP contribution is 2.22. The molecule has 17 heavy (non-hydrogen) atoms. The Hall–Kier alpha value is -1.20. The molecule has 0 bridgehead atoms. The topological polar surface area (TPSA) is 52.3 Å². The van der Waals surface area contributed by atoms with E-state index in [2.05, 4.69) is 0 Å². The fourth-order valence-electron chi connectivity index (χ4n) is 1.30. The van der Waals surface area contributed by atoms with Gasteiger partial charge in [-0.2, -0.15) is 0 Å². The zero-order valence-corrected chi connectivity index (χ0v) is 10.0. The minimum atomic E-state index is -2.45. The molecule has 0 aliphatic carbocycles. The third-order valence-corrected chi connectivity index (χ3v) is 1.98. The van der Waals surface area contributed by atoms with Crippen molar-refractivity contribution >= 4 is 18.4 Å². The second-order valence-electron chi connectivity index (χ2n) is 3.40. The average Bonchev–Trinajstić information content (AvgIpc) is 2.16. The molecule has 6 heteroatoms. The number of hydrogen-bond donors (Lipinski definition) is 1. The van der Waals surface area contributed by atoms with Crippen LogP contribution < -0.4 is 10.5 Å². The summed E-state index contributed by atoms with van der Waals surface area (Å²) in [4.78, 5) is 10.7. The number of alkyl halides is 2. The Bertz CT molecular complexity index is 374. The quantitative estimate of drug-likeness (QED) is 0.673. The predicted octanol–water partition coefficient (Wildman–Crippen LogP) is 2.69. The van der Waals surface area contributed by atoms with Gasteiger partial charge in [-0.15, -0.1) is 12.4 Å². The molecule has 0 saturated carbocycles. The summed E-state index contributed by atoms with van der Waals surface area (Å²) in [5, 5.41) is 0. The summed E-state index contributed by atoms with van der Waals surface area (Å²) in [7, 11) is 0. The molecule has 96 valence electrons. The molecular formula is C11H14ClF2NO2. The van der Waals surface area contributed by atoms with Gasteiger partial charge in [-0.3, -0.25) is 4.79 Å². The van der Waals surface area contributed by atoms with Gasteiger partial charge < -0.3 is 10.5 Å². The Labute approximate surface area is 104 Å². The second kappa shape index (κ2) is 7.19. The molecule has 1 aromatic carbocycles. The van der Waals surface area contributed by atoms with Gasteiger partial charge in [-0.25, -0.2) is 8.78 Å². The summed E-state index contributed by atoms with van der Waals surface area (Å²) in [5.74, 6) is -0.144. The van der Waals surface area contributed by atoms with Gasteiger partial charge in [0.15, 0.2) is 0 Å². The predicted molar refractivity (Wildman–Crippen MR) is 62.5 cm³/mol. The smallest absolute Gasteiger partial charge is 0.308 e. The monoisotopic (exact) mass is 265 g/mol. The lowest BCUT2D eigenvalue weighted by molar-refractivity contribution is -0.131. The SMILES string of the molecule is CC(=O)Oc1cccc([C@H](N)CC(F)F)c1.Cl. The Morgan fingerprint density at radius 3 is 2.65 bits per heavy atom. The lowest BCUT2D eigenvalue weighted by Gasteiger charge is -2.12. The van der Waals surface area contributed by atoms with E-state index in [0.29, 0.717) is 11.3 Å². The molecule has 1 atom stereocenters. The van der Waals surface area contributed by atoms with Crippen LogP contribution in [-0.4, -0.2) is 12.4 Å². The largest absolute Gasteiger partial charge is 0.427 e. The molecule has 2 N–H and O–H groups in total. The molecule has 0 fully saturated rings. The molecule has 1 rings (SSSR count). The molecule has 1 aromatic rings. The minimum Gasteiger partial charge on any atom is -0.427 e. The van der Waals surface area contributed by atoms with Crippen LogP contribution in [0.3, 0.4) is 0 Å². The van der Waals surface area contributed by atoms with Crippen molar-refractivity contribution in [3.8, 4) is 5.75 Å². The molecular weight excluding hydrogens is 252 g/mol. The van der Waals surface area contributed by atoms with Crippen LogP contribution in [0.15, 0.2) is 24.3 Å². The van der Waals surface area contributed by atoms with Gasteiger partial charge in [0.05, 0.1) is 0 Å². The van der Waals surface area contributed by atoms with Gasteiger partial charge in [-0.1, -0.05) is 12.1 Å². The van der Waals surface area contributed by atoms with Crippen molar-refractivity contribution in [2.75, 3.05) is 0 Å². The zero-order chi connectivity index (χ0) is 12.1. The summed E-state index contributed by atoms with van der Waals surface area (Å²) < 4.78 is 29.1. The normalized spacial score (nSPS) is 11.8. The van der Waals surface area contributed by atoms with Crippen molar-refractivity contribution in [1.82, 2.24) is 0 Å². The van der Waals surface area contributed by atoms with Crippen molar-refractivity contribution in [2.24, 2.45) is 5.73 Å². The number of nitrogens with two attached hydrogens (primary N) is 1. The zero-order valence-electron chi connectivity index (χ0n) is 9.23. The Balaban J connectivity index is 0.00000256. The highest BCUT2D eigenvalue weighted by Gasteiger charge is 2.13. The lowest BCUT2D eigenvalue weighted by atomic mass is 10.0. The number of hydrogen-bond acceptors (Lipinski definition) is 3. The van der Waals surface area contributed by atoms with Crippen LogP contribution in [0.2, 0.25) is 0 Å². The molecule has 0 amide bonds. The molecule has 0 aromatic heterocycles. The molecule has 3 nitrogen and oxygen atoms in total. The molecule has 0 aliphatic rings. The van der Waals surface area contributed by atoms with Crippen molar-refractivity contribution < 1.29 is 18.3 Å². The number of ether oxygens (including phenoxy) is 1. The van der Waals surface area contributed by atoms with E-state index < -0.39 is 24.9 Å². The van der Waals surface area contributed by atoms with E-state index in [9.17, 15) is 13.6 Å². The minimum absolute atomic E-state index is 0. The van der Waals surface area contributed by atoms with Crippen LogP contribution in [0.4, 0.5) is 8.78 Å². The Morgan fingerprint density at radius 2 is 2.12 bits per heavy atom. The highest BCUT2D eigenvalue weighted by atomic mass is 35.5. The van der Waals surface area contributed by atoms with E-state index in [-0.39, 0.29) is 12.4 Å². The first-order valence-corrected chi connectivity index (χ1v) is 4.81. The van der Waals surface area contributed by atoms with Crippen LogP contribution >= 0.6 is 12.4 Å². The third-order valence-electron chi connectivity index (χ3n) is 1.98. The third kappa shape index (κ3) is 5.60. The fourth-order valence-corrected chi connectivity index (χ4v) is 1.30. The number of esters is 1. The first-order valence-electron chi connectivity index (χ1n) is 4.81. The van der Waals surface area contributed by atoms with E-state index in [1.807, 2.05) is 0 Å². The first kappa shape index (κ1) is 15.8. The molecule has 0 saturated heterocycles. The number of carbonyl (C=O) groups is 1. The van der Waals surface area contributed by atoms with Crippen molar-refractivity contribution in [2.45, 2.75) is 25.8 Å². The number of halogens is 3. The van der Waals surface area contributed by atoms with E-state index in [1.165, 1.54) is 13.0 Å². The van der Waals surface area contributed by atoms with E-state index in [1.54, 1.807) is 18.2 Å². The van der Waals surface area contributed by atoms with Crippen LogP contribution in [0.25, 0.3) is 0 Å². The van der Waals surface area contributed by atoms with Crippen LogP contribution in [0, 0.1) is 0 Å². The molecule has 0 heterocycles. The van der Waals surface area contributed by atoms with Gasteiger partial charge in [0.25, 0.3) is 0 Å². The van der Waals surface area contributed by atoms with Gasteiger partial charge in [-0.05, 0) is 17.7 Å². The maximum atomic E-state index is 12.1. The standard InChI is InChI=1S/C11H13F2NO2.ClH/c1-7(15)16-9-4-2-3-8(5-9)10(14)6-11(12)13;/h2-5,10-11H,6,14H2,1H3;1H/t10-;/m1./s1. The van der Waals surface area contributed by atoms with Gasteiger partial charge in [0, 0.05) is 19.4 Å². The van der Waals surface area contributed by atoms with Crippen LogP contribution in [0.1, 0.15) is 24.9 Å². The number of benzene rings is 1. The summed E-state index contributed by atoms with van der Waals surface area (Å²) in [6, 6.07) is 5.54. The van der Waals surface area contributed by atoms with Crippen molar-refractivity contribution in [3.63, 3.8) is 0 Å². The summed E-state index contributed by atoms with van der Waals surface area (Å²) in [6.07, 6.45) is -2.86. The Morgan fingerprint density at radius 1 is 1.47 bits per heavy atom. The fraction of sp³-hybridized carbons (Fsp3) is 0.364. The van der Waals surface area contributed by atoms with Crippen LogP contribution in [-0.2, 0) is 4.79 Å². The summed E-state index contributed by atoms with van der Waals surface area (Å²) in [5.41, 5.74) is 6.10. The number of rotatable bonds is 4. The second-order valence-corrected chi connectivity index (χ2v) is 3.40. The van der Waals surface area contributed by atoms with Gasteiger partial charge in [0.2, 0.25) is 6.43 Å². The van der Waals surface area contributed by atoms with E-state index >= 15 is 0 Å². The maximum Gasteiger partial charge on any atom is 0.308 e. The van der Waals surface area contributed by atoms with Crippen LogP contribution in [0.5, 0.6) is 5.75 Å². The molecule has 0 aliphatic heterocycles. The Kier molecular flexibility index (Phi) is 6.68. The molecule has 0 unspecified atom stereocenters. The summed E-state index contributed by atoms with van der Waals surface area (Å²) >= 11 is 0. The van der Waals surface area contributed by atoms with E-state index in [4.69, 9.17) is 10.5 Å². The summed E-state index contributed by atoms with van der Waals surface area (Å²) in [6.45, 7) is 1.27. The number of carbonyl (C=O) groups excluding carboxylic acids is 1.